The highest BCUT2D eigenvalue weighted by Gasteiger charge is 2.23. The fraction of sp³-hybridized carbons (Fsp3) is 0.500. The molecule has 0 spiro atoms. The lowest BCUT2D eigenvalue weighted by Crippen LogP contribution is -2.44. The monoisotopic (exact) mass is 373 g/mol. The van der Waals surface area contributed by atoms with Gasteiger partial charge in [-0.15, -0.1) is 0 Å². The van der Waals surface area contributed by atoms with Crippen LogP contribution in [-0.4, -0.2) is 55.4 Å². The number of aryl methyl sites for hydroxylation is 1. The van der Waals surface area contributed by atoms with Crippen LogP contribution in [-0.2, 0) is 16.0 Å². The molecule has 0 aliphatic carbocycles. The van der Waals surface area contributed by atoms with E-state index in [0.29, 0.717) is 37.8 Å². The number of hydrogen-bond acceptors (Lipinski definition) is 6. The number of carbonyl (C=O) groups excluding carboxylic acids is 1. The summed E-state index contributed by atoms with van der Waals surface area (Å²) in [4.78, 5) is 14.7. The Balaban J connectivity index is 1.65. The van der Waals surface area contributed by atoms with Crippen LogP contribution in [0.4, 0.5) is 0 Å². The van der Waals surface area contributed by atoms with E-state index in [1.54, 1.807) is 6.07 Å². The number of hydrogen-bond donors (Lipinski definition) is 1. The number of carbonyl (C=O) groups is 1. The molecule has 3 rings (SSSR count). The third kappa shape index (κ3) is 5.55. The number of morpholine rings is 1. The number of ether oxygens (including phenoxy) is 2. The summed E-state index contributed by atoms with van der Waals surface area (Å²) in [5, 5.41) is 6.92. The van der Waals surface area contributed by atoms with Crippen molar-refractivity contribution >= 4 is 5.91 Å². The lowest BCUT2D eigenvalue weighted by Gasteiger charge is -2.35. The van der Waals surface area contributed by atoms with Crippen molar-refractivity contribution in [3.63, 3.8) is 0 Å². The molecule has 1 amide bonds. The van der Waals surface area contributed by atoms with Gasteiger partial charge >= 0.3 is 0 Å². The van der Waals surface area contributed by atoms with E-state index >= 15 is 0 Å². The van der Waals surface area contributed by atoms with Crippen LogP contribution in [0.25, 0.3) is 0 Å². The van der Waals surface area contributed by atoms with Crippen molar-refractivity contribution in [3.05, 3.63) is 47.3 Å². The van der Waals surface area contributed by atoms with E-state index in [4.69, 9.17) is 14.0 Å². The molecule has 1 unspecified atom stereocenters. The molecular weight excluding hydrogens is 346 g/mol. The van der Waals surface area contributed by atoms with Crippen LogP contribution in [0, 0.1) is 6.92 Å². The molecule has 0 bridgehead atoms. The molecule has 1 aliphatic heterocycles. The van der Waals surface area contributed by atoms with Gasteiger partial charge in [-0.2, -0.15) is 0 Å². The van der Waals surface area contributed by atoms with Gasteiger partial charge < -0.3 is 19.3 Å². The normalized spacial score (nSPS) is 16.1. The third-order valence-corrected chi connectivity index (χ3v) is 4.57. The molecule has 2 heterocycles. The maximum Gasteiger partial charge on any atom is 0.226 e. The highest BCUT2D eigenvalue weighted by Crippen LogP contribution is 2.24. The molecule has 146 valence electrons. The minimum absolute atomic E-state index is 0.0625. The maximum atomic E-state index is 12.3. The standard InChI is InChI=1S/C20H27N3O4/c1-3-26-18-6-4-16(5-7-18)19(23-8-10-25-11-9-23)14-21-20(24)13-17-12-15(2)27-22-17/h4-7,12,19H,3,8-11,13-14H2,1-2H3,(H,21,24). The first-order valence-corrected chi connectivity index (χ1v) is 9.39. The highest BCUT2D eigenvalue weighted by molar-refractivity contribution is 5.78. The molecule has 1 atom stereocenters. The van der Waals surface area contributed by atoms with Crippen LogP contribution in [0.15, 0.2) is 34.9 Å². The molecule has 2 aromatic rings. The van der Waals surface area contributed by atoms with E-state index in [1.165, 1.54) is 0 Å². The Morgan fingerprint density at radius 1 is 1.30 bits per heavy atom. The molecule has 27 heavy (non-hydrogen) atoms. The molecule has 0 radical (unpaired) electrons. The van der Waals surface area contributed by atoms with Crippen molar-refractivity contribution in [2.24, 2.45) is 0 Å². The predicted molar refractivity (Wildman–Crippen MR) is 101 cm³/mol. The smallest absolute Gasteiger partial charge is 0.226 e. The quantitative estimate of drug-likeness (QED) is 0.764. The van der Waals surface area contributed by atoms with Crippen molar-refractivity contribution in [2.75, 3.05) is 39.5 Å². The van der Waals surface area contributed by atoms with Gasteiger partial charge in [0.1, 0.15) is 11.5 Å². The predicted octanol–water partition coefficient (Wildman–Crippen LogP) is 2.11. The van der Waals surface area contributed by atoms with E-state index in [0.717, 1.165) is 24.4 Å². The van der Waals surface area contributed by atoms with Crippen LogP contribution in [0.3, 0.4) is 0 Å². The minimum Gasteiger partial charge on any atom is -0.494 e. The van der Waals surface area contributed by atoms with Crippen molar-refractivity contribution in [3.8, 4) is 5.75 Å². The van der Waals surface area contributed by atoms with Gasteiger partial charge in [0, 0.05) is 25.7 Å². The van der Waals surface area contributed by atoms with Gasteiger partial charge in [0.05, 0.1) is 38.0 Å². The summed E-state index contributed by atoms with van der Waals surface area (Å²) in [7, 11) is 0. The van der Waals surface area contributed by atoms with E-state index in [9.17, 15) is 4.79 Å². The number of aromatic nitrogens is 1. The molecule has 1 fully saturated rings. The molecule has 7 heteroatoms. The van der Waals surface area contributed by atoms with E-state index in [1.807, 2.05) is 26.0 Å². The van der Waals surface area contributed by atoms with Crippen LogP contribution < -0.4 is 10.1 Å². The zero-order chi connectivity index (χ0) is 19.1. The summed E-state index contributed by atoms with van der Waals surface area (Å²) in [5.41, 5.74) is 1.80. The summed E-state index contributed by atoms with van der Waals surface area (Å²) >= 11 is 0. The van der Waals surface area contributed by atoms with Crippen LogP contribution in [0.5, 0.6) is 5.75 Å². The SMILES string of the molecule is CCOc1ccc(C(CNC(=O)Cc2cc(C)on2)N2CCOCC2)cc1. The Hall–Kier alpha value is -2.38. The Kier molecular flexibility index (Phi) is 6.84. The number of benzene rings is 1. The molecule has 1 aliphatic rings. The fourth-order valence-electron chi connectivity index (χ4n) is 3.24. The summed E-state index contributed by atoms with van der Waals surface area (Å²) in [6.07, 6.45) is 0.219. The zero-order valence-corrected chi connectivity index (χ0v) is 15.9. The Morgan fingerprint density at radius 2 is 2.04 bits per heavy atom. The van der Waals surface area contributed by atoms with Crippen molar-refractivity contribution in [1.29, 1.82) is 0 Å². The fourth-order valence-corrected chi connectivity index (χ4v) is 3.24. The lowest BCUT2D eigenvalue weighted by molar-refractivity contribution is -0.120. The molecule has 0 saturated carbocycles. The summed E-state index contributed by atoms with van der Waals surface area (Å²) < 4.78 is 16.0. The van der Waals surface area contributed by atoms with Gasteiger partial charge in [-0.3, -0.25) is 9.69 Å². The first kappa shape index (κ1) is 19.4. The summed E-state index contributed by atoms with van der Waals surface area (Å²) in [6.45, 7) is 8.06. The van der Waals surface area contributed by atoms with E-state index in [2.05, 4.69) is 27.5 Å². The molecule has 1 saturated heterocycles. The Morgan fingerprint density at radius 3 is 2.67 bits per heavy atom. The van der Waals surface area contributed by atoms with Crippen molar-refractivity contribution < 1.29 is 18.8 Å². The van der Waals surface area contributed by atoms with Gasteiger partial charge in [-0.1, -0.05) is 17.3 Å². The largest absolute Gasteiger partial charge is 0.494 e. The first-order valence-electron chi connectivity index (χ1n) is 9.39. The number of amides is 1. The van der Waals surface area contributed by atoms with Gasteiger partial charge in [0.15, 0.2) is 0 Å². The first-order chi connectivity index (χ1) is 13.2. The van der Waals surface area contributed by atoms with Gasteiger partial charge in [0.25, 0.3) is 0 Å². The molecule has 1 N–H and O–H groups in total. The number of rotatable bonds is 8. The average Bonchev–Trinajstić information content (AvgIpc) is 3.09. The van der Waals surface area contributed by atoms with Gasteiger partial charge in [-0.05, 0) is 31.5 Å². The minimum atomic E-state index is -0.0625. The summed E-state index contributed by atoms with van der Waals surface area (Å²) in [6, 6.07) is 9.97. The van der Waals surface area contributed by atoms with Gasteiger partial charge in [-0.25, -0.2) is 0 Å². The van der Waals surface area contributed by atoms with Crippen LogP contribution in [0.2, 0.25) is 0 Å². The van der Waals surface area contributed by atoms with Crippen LogP contribution >= 0.6 is 0 Å². The van der Waals surface area contributed by atoms with Crippen LogP contribution in [0.1, 0.15) is 30.0 Å². The summed E-state index contributed by atoms with van der Waals surface area (Å²) in [5.74, 6) is 1.50. The molecule has 7 nitrogen and oxygen atoms in total. The third-order valence-electron chi connectivity index (χ3n) is 4.57. The zero-order valence-electron chi connectivity index (χ0n) is 15.9. The van der Waals surface area contributed by atoms with E-state index in [-0.39, 0.29) is 18.4 Å². The number of nitrogens with zero attached hydrogens (tertiary/aromatic N) is 2. The van der Waals surface area contributed by atoms with Crippen molar-refractivity contribution in [1.82, 2.24) is 15.4 Å². The Bertz CT molecular complexity index is 723. The second kappa shape index (κ2) is 9.53. The maximum absolute atomic E-state index is 12.3. The lowest BCUT2D eigenvalue weighted by atomic mass is 10.0. The Labute approximate surface area is 159 Å². The van der Waals surface area contributed by atoms with Crippen molar-refractivity contribution in [2.45, 2.75) is 26.3 Å². The second-order valence-corrected chi connectivity index (χ2v) is 6.58. The topological polar surface area (TPSA) is 76.8 Å². The second-order valence-electron chi connectivity index (χ2n) is 6.58. The molecule has 1 aromatic heterocycles. The molecular formula is C20H27N3O4. The average molecular weight is 373 g/mol. The van der Waals surface area contributed by atoms with E-state index < -0.39 is 0 Å². The highest BCUT2D eigenvalue weighted by atomic mass is 16.5. The molecule has 1 aromatic carbocycles. The number of nitrogens with one attached hydrogen (secondary N) is 1. The van der Waals surface area contributed by atoms with Gasteiger partial charge in [0.2, 0.25) is 5.91 Å².